The standard InChI is InChI=1S/C26H28N4O/c1-18-23(16-20-10-5-3-6-11-20)25(27-17-22-14-9-15-31-22)30-26(28-18)24(19(2)29-30)21-12-7-4-8-13-21/h3-8,10-13,22,27H,9,14-17H2,1-2H3/t22-/m0/s1. The second-order valence-corrected chi connectivity index (χ2v) is 8.26. The number of hydrogen-bond acceptors (Lipinski definition) is 4. The van der Waals surface area contributed by atoms with Crippen molar-refractivity contribution < 1.29 is 4.74 Å². The number of hydrogen-bond donors (Lipinski definition) is 1. The number of nitrogens with one attached hydrogen (secondary N) is 1. The summed E-state index contributed by atoms with van der Waals surface area (Å²) in [4.78, 5) is 5.04. The van der Waals surface area contributed by atoms with Crippen molar-refractivity contribution in [3.05, 3.63) is 83.2 Å². The molecule has 31 heavy (non-hydrogen) atoms. The summed E-state index contributed by atoms with van der Waals surface area (Å²) in [6.07, 6.45) is 3.29. The number of anilines is 1. The van der Waals surface area contributed by atoms with Crippen LogP contribution in [0.3, 0.4) is 0 Å². The van der Waals surface area contributed by atoms with Gasteiger partial charge < -0.3 is 10.1 Å². The fourth-order valence-corrected chi connectivity index (χ4v) is 4.45. The van der Waals surface area contributed by atoms with Gasteiger partial charge in [0.05, 0.1) is 11.8 Å². The average molecular weight is 413 g/mol. The molecule has 1 fully saturated rings. The highest BCUT2D eigenvalue weighted by molar-refractivity contribution is 5.81. The van der Waals surface area contributed by atoms with Crippen LogP contribution < -0.4 is 5.32 Å². The van der Waals surface area contributed by atoms with Crippen LogP contribution in [0.15, 0.2) is 60.7 Å². The lowest BCUT2D eigenvalue weighted by atomic mass is 10.0. The molecule has 5 rings (SSSR count). The van der Waals surface area contributed by atoms with Gasteiger partial charge in [-0.25, -0.2) is 4.98 Å². The number of aryl methyl sites for hydroxylation is 2. The third-order valence-corrected chi connectivity index (χ3v) is 6.05. The minimum atomic E-state index is 0.248. The highest BCUT2D eigenvalue weighted by Gasteiger charge is 2.22. The second kappa shape index (κ2) is 8.52. The molecule has 1 saturated heterocycles. The Morgan fingerprint density at radius 1 is 1.00 bits per heavy atom. The van der Waals surface area contributed by atoms with E-state index < -0.39 is 0 Å². The maximum Gasteiger partial charge on any atom is 0.165 e. The lowest BCUT2D eigenvalue weighted by Gasteiger charge is -2.18. The highest BCUT2D eigenvalue weighted by atomic mass is 16.5. The van der Waals surface area contributed by atoms with Crippen LogP contribution in [0.25, 0.3) is 16.8 Å². The normalized spacial score (nSPS) is 16.1. The molecule has 2 aromatic carbocycles. The Hall–Kier alpha value is -3.18. The fraction of sp³-hybridized carbons (Fsp3) is 0.308. The molecule has 1 N–H and O–H groups in total. The van der Waals surface area contributed by atoms with Crippen molar-refractivity contribution in [2.24, 2.45) is 0 Å². The summed E-state index contributed by atoms with van der Waals surface area (Å²) in [5, 5.41) is 8.62. The first-order valence-corrected chi connectivity index (χ1v) is 11.0. The van der Waals surface area contributed by atoms with Gasteiger partial charge in [-0.15, -0.1) is 0 Å². The van der Waals surface area contributed by atoms with E-state index in [2.05, 4.69) is 73.8 Å². The van der Waals surface area contributed by atoms with E-state index in [9.17, 15) is 0 Å². The lowest BCUT2D eigenvalue weighted by molar-refractivity contribution is 0.120. The third-order valence-electron chi connectivity index (χ3n) is 6.05. The molecule has 158 valence electrons. The maximum atomic E-state index is 5.87. The molecule has 0 bridgehead atoms. The van der Waals surface area contributed by atoms with E-state index in [1.54, 1.807) is 0 Å². The van der Waals surface area contributed by atoms with Gasteiger partial charge in [0.2, 0.25) is 0 Å². The van der Waals surface area contributed by atoms with Crippen molar-refractivity contribution in [1.82, 2.24) is 14.6 Å². The van der Waals surface area contributed by atoms with E-state index in [1.807, 2.05) is 10.6 Å². The van der Waals surface area contributed by atoms with Crippen LogP contribution >= 0.6 is 0 Å². The van der Waals surface area contributed by atoms with Crippen molar-refractivity contribution in [3.8, 4) is 11.1 Å². The molecule has 4 aromatic rings. The van der Waals surface area contributed by atoms with Crippen LogP contribution in [0.1, 0.15) is 35.4 Å². The van der Waals surface area contributed by atoms with Crippen LogP contribution in [-0.4, -0.2) is 33.9 Å². The molecule has 0 radical (unpaired) electrons. The van der Waals surface area contributed by atoms with Gasteiger partial charge in [-0.2, -0.15) is 9.61 Å². The fourth-order valence-electron chi connectivity index (χ4n) is 4.45. The van der Waals surface area contributed by atoms with Gasteiger partial charge in [0.1, 0.15) is 5.82 Å². The largest absolute Gasteiger partial charge is 0.376 e. The number of rotatable bonds is 6. The number of nitrogens with zero attached hydrogens (tertiary/aromatic N) is 3. The van der Waals surface area contributed by atoms with E-state index >= 15 is 0 Å². The van der Waals surface area contributed by atoms with Crippen LogP contribution in [0.5, 0.6) is 0 Å². The summed E-state index contributed by atoms with van der Waals surface area (Å²) in [5.41, 5.74) is 7.59. The minimum Gasteiger partial charge on any atom is -0.376 e. The van der Waals surface area contributed by atoms with Gasteiger partial charge in [0, 0.05) is 36.4 Å². The van der Waals surface area contributed by atoms with Gasteiger partial charge in [-0.3, -0.25) is 0 Å². The molecule has 1 atom stereocenters. The van der Waals surface area contributed by atoms with Crippen LogP contribution in [0, 0.1) is 13.8 Å². The summed E-state index contributed by atoms with van der Waals surface area (Å²) in [5.74, 6) is 1.02. The Labute approximate surface area is 183 Å². The Morgan fingerprint density at radius 3 is 2.45 bits per heavy atom. The number of ether oxygens (including phenoxy) is 1. The van der Waals surface area contributed by atoms with Crippen LogP contribution in [-0.2, 0) is 11.2 Å². The zero-order valence-corrected chi connectivity index (χ0v) is 18.1. The molecule has 1 aliphatic rings. The topological polar surface area (TPSA) is 51.5 Å². The van der Waals surface area contributed by atoms with Gasteiger partial charge in [0.15, 0.2) is 5.65 Å². The first kappa shape index (κ1) is 19.8. The first-order valence-electron chi connectivity index (χ1n) is 11.0. The molecular formula is C26H28N4O. The van der Waals surface area contributed by atoms with E-state index in [1.165, 1.54) is 11.1 Å². The van der Waals surface area contributed by atoms with Gasteiger partial charge >= 0.3 is 0 Å². The smallest absolute Gasteiger partial charge is 0.165 e. The second-order valence-electron chi connectivity index (χ2n) is 8.26. The van der Waals surface area contributed by atoms with Gasteiger partial charge in [-0.1, -0.05) is 60.7 Å². The Morgan fingerprint density at radius 2 is 1.74 bits per heavy atom. The molecule has 5 heteroatoms. The van der Waals surface area contributed by atoms with Crippen molar-refractivity contribution in [2.75, 3.05) is 18.5 Å². The molecule has 0 aliphatic carbocycles. The van der Waals surface area contributed by atoms with E-state index in [0.717, 1.165) is 66.4 Å². The summed E-state index contributed by atoms with van der Waals surface area (Å²) in [6, 6.07) is 21.0. The summed E-state index contributed by atoms with van der Waals surface area (Å²) in [6.45, 7) is 5.80. The minimum absolute atomic E-state index is 0.248. The Kier molecular flexibility index (Phi) is 5.43. The van der Waals surface area contributed by atoms with E-state index in [4.69, 9.17) is 14.8 Å². The predicted octanol–water partition coefficient (Wildman–Crippen LogP) is 5.19. The van der Waals surface area contributed by atoms with E-state index in [-0.39, 0.29) is 6.10 Å². The van der Waals surface area contributed by atoms with Crippen LogP contribution in [0.2, 0.25) is 0 Å². The Balaban J connectivity index is 1.64. The predicted molar refractivity (Wildman–Crippen MR) is 125 cm³/mol. The zero-order valence-electron chi connectivity index (χ0n) is 18.1. The van der Waals surface area contributed by atoms with Crippen molar-refractivity contribution in [1.29, 1.82) is 0 Å². The molecule has 0 spiro atoms. The van der Waals surface area contributed by atoms with Gasteiger partial charge in [-0.05, 0) is 37.8 Å². The number of fused-ring (bicyclic) bond motifs is 1. The summed E-state index contributed by atoms with van der Waals surface area (Å²) < 4.78 is 7.86. The SMILES string of the molecule is Cc1nc2c(-c3ccccc3)c(C)nn2c(NC[C@@H]2CCCO2)c1Cc1ccccc1. The highest BCUT2D eigenvalue weighted by Crippen LogP contribution is 2.32. The van der Waals surface area contributed by atoms with Crippen LogP contribution in [0.4, 0.5) is 5.82 Å². The zero-order chi connectivity index (χ0) is 21.2. The van der Waals surface area contributed by atoms with Crippen molar-refractivity contribution in [3.63, 3.8) is 0 Å². The van der Waals surface area contributed by atoms with Crippen molar-refractivity contribution in [2.45, 2.75) is 39.2 Å². The number of benzene rings is 2. The summed E-state index contributed by atoms with van der Waals surface area (Å²) in [7, 11) is 0. The maximum absolute atomic E-state index is 5.87. The molecule has 2 aromatic heterocycles. The first-order chi connectivity index (χ1) is 15.2. The lowest BCUT2D eigenvalue weighted by Crippen LogP contribution is -2.21. The molecule has 5 nitrogen and oxygen atoms in total. The molecular weight excluding hydrogens is 384 g/mol. The quantitative estimate of drug-likeness (QED) is 0.473. The molecule has 0 unspecified atom stereocenters. The Bertz CT molecular complexity index is 1180. The van der Waals surface area contributed by atoms with E-state index in [0.29, 0.717) is 0 Å². The third kappa shape index (κ3) is 3.93. The molecule has 1 aliphatic heterocycles. The molecule has 0 amide bonds. The molecule has 0 saturated carbocycles. The summed E-state index contributed by atoms with van der Waals surface area (Å²) >= 11 is 0. The average Bonchev–Trinajstić information content (AvgIpc) is 3.42. The van der Waals surface area contributed by atoms with Crippen molar-refractivity contribution >= 4 is 11.5 Å². The van der Waals surface area contributed by atoms with Gasteiger partial charge in [0.25, 0.3) is 0 Å². The monoisotopic (exact) mass is 412 g/mol. The molecule has 3 heterocycles. The number of aromatic nitrogens is 3.